The highest BCUT2D eigenvalue weighted by molar-refractivity contribution is 6.31. The molecule has 2 aromatic rings. The topological polar surface area (TPSA) is 259 Å². The maximum absolute atomic E-state index is 13.3. The lowest BCUT2D eigenvalue weighted by atomic mass is 10.0. The Morgan fingerprint density at radius 2 is 1.52 bits per heavy atom. The third kappa shape index (κ3) is 14.7. The molecule has 2 aromatic carbocycles. The van der Waals surface area contributed by atoms with Crippen LogP contribution in [0.5, 0.6) is 0 Å². The van der Waals surface area contributed by atoms with Gasteiger partial charge in [-0.3, -0.25) is 14.4 Å². The fourth-order valence-corrected chi connectivity index (χ4v) is 4.35. The van der Waals surface area contributed by atoms with Crippen molar-refractivity contribution in [1.29, 1.82) is 0 Å². The minimum atomic E-state index is -1.07. The number of nitro groups is 1. The Bertz CT molecular complexity index is 1350. The first kappa shape index (κ1) is 37.2. The second-order valence-electron chi connectivity index (χ2n) is 10.2. The summed E-state index contributed by atoms with van der Waals surface area (Å²) in [5.41, 5.74) is 18.4. The second kappa shape index (κ2) is 20.1. The average Bonchev–Trinajstić information content (AvgIpc) is 3.01. The van der Waals surface area contributed by atoms with Crippen molar-refractivity contribution in [1.82, 2.24) is 21.3 Å². The highest BCUT2D eigenvalue weighted by Gasteiger charge is 2.27. The van der Waals surface area contributed by atoms with E-state index in [2.05, 4.69) is 26.4 Å². The highest BCUT2D eigenvalue weighted by atomic mass is 35.5. The zero-order valence-electron chi connectivity index (χ0n) is 25.2. The van der Waals surface area contributed by atoms with Crippen LogP contribution < -0.4 is 38.5 Å². The van der Waals surface area contributed by atoms with Gasteiger partial charge in [-0.2, -0.15) is 0 Å². The lowest BCUT2D eigenvalue weighted by Crippen LogP contribution is -2.56. The molecule has 2 rings (SSSR count). The van der Waals surface area contributed by atoms with Gasteiger partial charge in [-0.25, -0.2) is 14.9 Å². The summed E-state index contributed by atoms with van der Waals surface area (Å²) in [5, 5.41) is 23.2. The van der Waals surface area contributed by atoms with Gasteiger partial charge in [0.15, 0.2) is 5.03 Å². The normalized spacial score (nSPS) is 13.0. The van der Waals surface area contributed by atoms with Gasteiger partial charge in [-0.15, -0.1) is 0 Å². The summed E-state index contributed by atoms with van der Waals surface area (Å²) >= 11 is 6.06. The number of nitrogens with zero attached hydrogens (tertiary/aromatic N) is 2. The molecule has 46 heavy (non-hydrogen) atoms. The monoisotopic (exact) mass is 661 g/mol. The van der Waals surface area contributed by atoms with Crippen molar-refractivity contribution in [3.8, 4) is 0 Å². The van der Waals surface area contributed by atoms with Crippen molar-refractivity contribution >= 4 is 41.4 Å². The van der Waals surface area contributed by atoms with E-state index in [0.29, 0.717) is 29.8 Å². The quantitative estimate of drug-likeness (QED) is 0.0363. The number of primary amides is 1. The molecule has 10 N–H and O–H groups in total. The van der Waals surface area contributed by atoms with Gasteiger partial charge >= 0.3 is 6.09 Å². The SMILES string of the molecule is NC(=O)[C@H](CCCCNC(=O)OCc1ccccc1Cl)NC(=O)[C@H](Cc1ccccc1)NC(=O)[C@H](N)CCCN/C(N)=N\[N+](=O)[O-]. The molecule has 0 saturated heterocycles. The summed E-state index contributed by atoms with van der Waals surface area (Å²) < 4.78 is 5.16. The van der Waals surface area contributed by atoms with Crippen molar-refractivity contribution in [2.45, 2.75) is 63.3 Å². The van der Waals surface area contributed by atoms with Gasteiger partial charge < -0.3 is 43.2 Å². The van der Waals surface area contributed by atoms with Crippen molar-refractivity contribution in [3.05, 3.63) is 80.9 Å². The number of guanidine groups is 1. The van der Waals surface area contributed by atoms with Crippen LogP contribution in [0.25, 0.3) is 0 Å². The molecule has 16 nitrogen and oxygen atoms in total. The largest absolute Gasteiger partial charge is 0.445 e. The number of ether oxygens (including phenoxy) is 1. The Morgan fingerprint density at radius 3 is 2.20 bits per heavy atom. The molecule has 3 atom stereocenters. The van der Waals surface area contributed by atoms with Gasteiger partial charge in [0, 0.05) is 30.1 Å². The molecule has 0 aromatic heterocycles. The highest BCUT2D eigenvalue weighted by Crippen LogP contribution is 2.15. The maximum atomic E-state index is 13.3. The van der Waals surface area contributed by atoms with Gasteiger partial charge in [0.25, 0.3) is 5.96 Å². The van der Waals surface area contributed by atoms with Gasteiger partial charge in [-0.1, -0.05) is 60.1 Å². The molecule has 0 bridgehead atoms. The van der Waals surface area contributed by atoms with E-state index < -0.39 is 47.0 Å². The van der Waals surface area contributed by atoms with Gasteiger partial charge in [0.2, 0.25) is 17.7 Å². The number of hydrogen-bond donors (Lipinski definition) is 7. The summed E-state index contributed by atoms with van der Waals surface area (Å²) in [4.78, 5) is 60.6. The Balaban J connectivity index is 1.87. The Labute approximate surface area is 270 Å². The predicted octanol–water partition coefficient (Wildman–Crippen LogP) is 0.638. The minimum absolute atomic E-state index is 0.0144. The molecule has 0 aliphatic heterocycles. The first-order valence-corrected chi connectivity index (χ1v) is 14.9. The van der Waals surface area contributed by atoms with Crippen molar-refractivity contribution in [2.24, 2.45) is 22.3 Å². The van der Waals surface area contributed by atoms with E-state index in [0.717, 1.165) is 5.56 Å². The number of hydrazone groups is 1. The zero-order chi connectivity index (χ0) is 33.9. The van der Waals surface area contributed by atoms with E-state index >= 15 is 0 Å². The third-order valence-corrected chi connectivity index (χ3v) is 6.97. The Kier molecular flexibility index (Phi) is 16.3. The van der Waals surface area contributed by atoms with E-state index in [1.807, 2.05) is 0 Å². The fraction of sp³-hybridized carbons (Fsp3) is 0.414. The number of hydrogen-bond acceptors (Lipinski definition) is 8. The smallest absolute Gasteiger partial charge is 0.407 e. The van der Waals surface area contributed by atoms with E-state index in [4.69, 9.17) is 33.5 Å². The number of rotatable bonds is 19. The third-order valence-electron chi connectivity index (χ3n) is 6.61. The number of benzene rings is 2. The first-order chi connectivity index (χ1) is 22.0. The number of carbonyl (C=O) groups is 4. The van der Waals surface area contributed by atoms with Crippen LogP contribution in [0.15, 0.2) is 59.7 Å². The molecule has 4 amide bonds. The van der Waals surface area contributed by atoms with Gasteiger partial charge in [-0.05, 0) is 43.7 Å². The summed E-state index contributed by atoms with van der Waals surface area (Å²) in [6.07, 6.45) is 1.10. The zero-order valence-corrected chi connectivity index (χ0v) is 25.9. The van der Waals surface area contributed by atoms with E-state index in [1.54, 1.807) is 54.6 Å². The molecule has 0 radical (unpaired) electrons. The molecule has 0 saturated carbocycles. The van der Waals surface area contributed by atoms with Gasteiger partial charge in [0.05, 0.1) is 6.04 Å². The average molecular weight is 662 g/mol. The number of halogens is 1. The van der Waals surface area contributed by atoms with E-state index in [-0.39, 0.29) is 44.9 Å². The number of amides is 4. The molecule has 250 valence electrons. The van der Waals surface area contributed by atoms with Crippen LogP contribution >= 0.6 is 11.6 Å². The summed E-state index contributed by atoms with van der Waals surface area (Å²) in [6, 6.07) is 12.8. The van der Waals surface area contributed by atoms with Crippen LogP contribution in [0.3, 0.4) is 0 Å². The maximum Gasteiger partial charge on any atom is 0.407 e. The molecule has 17 heteroatoms. The minimum Gasteiger partial charge on any atom is -0.445 e. The van der Waals surface area contributed by atoms with Crippen molar-refractivity contribution in [3.63, 3.8) is 0 Å². The van der Waals surface area contributed by atoms with Crippen LogP contribution in [0.1, 0.15) is 43.2 Å². The van der Waals surface area contributed by atoms with E-state index in [1.165, 1.54) is 0 Å². The van der Waals surface area contributed by atoms with Gasteiger partial charge in [0.1, 0.15) is 23.8 Å². The first-order valence-electron chi connectivity index (χ1n) is 14.5. The van der Waals surface area contributed by atoms with Crippen LogP contribution in [0.4, 0.5) is 4.79 Å². The second-order valence-corrected chi connectivity index (χ2v) is 10.6. The molecule has 0 aliphatic rings. The fourth-order valence-electron chi connectivity index (χ4n) is 4.16. The molecule has 0 aliphatic carbocycles. The van der Waals surface area contributed by atoms with Crippen LogP contribution in [0, 0.1) is 10.1 Å². The molecule has 0 heterocycles. The molecular formula is C29H40ClN9O7. The van der Waals surface area contributed by atoms with Crippen LogP contribution in [0.2, 0.25) is 5.02 Å². The van der Waals surface area contributed by atoms with Crippen LogP contribution in [-0.4, -0.2) is 66.0 Å². The molecule has 0 spiro atoms. The molecular weight excluding hydrogens is 622 g/mol. The molecule has 0 unspecified atom stereocenters. The van der Waals surface area contributed by atoms with Crippen molar-refractivity contribution in [2.75, 3.05) is 13.1 Å². The van der Waals surface area contributed by atoms with Crippen LogP contribution in [-0.2, 0) is 32.1 Å². The Hall–Kier alpha value is -4.96. The summed E-state index contributed by atoms with van der Waals surface area (Å²) in [6.45, 7) is 0.453. The summed E-state index contributed by atoms with van der Waals surface area (Å²) in [5.74, 6) is -2.37. The number of alkyl carbamates (subject to hydrolysis) is 1. The van der Waals surface area contributed by atoms with Crippen molar-refractivity contribution < 1.29 is 28.9 Å². The van der Waals surface area contributed by atoms with E-state index in [9.17, 15) is 29.3 Å². The molecule has 0 fully saturated rings. The number of carbonyl (C=O) groups excluding carboxylic acids is 4. The number of unbranched alkanes of at least 4 members (excludes halogenated alkanes) is 1. The summed E-state index contributed by atoms with van der Waals surface area (Å²) in [7, 11) is 0. The Morgan fingerprint density at radius 1 is 0.870 bits per heavy atom. The lowest BCUT2D eigenvalue weighted by molar-refractivity contribution is -0.485. The number of nitrogens with one attached hydrogen (secondary N) is 4. The predicted molar refractivity (Wildman–Crippen MR) is 171 cm³/mol. The lowest BCUT2D eigenvalue weighted by Gasteiger charge is -2.23. The standard InChI is InChI=1S/C29H40ClN9O7/c30-21-12-5-4-11-20(21)18-46-29(43)35-15-7-6-14-23(25(32)40)36-27(42)24(17-19-9-2-1-3-10-19)37-26(41)22(31)13-8-16-34-28(33)38-39(44)45/h1-5,9-12,22-24H,6-8,13-18,31H2,(H2,32,40)(H,35,43)(H,36,42)(H,37,41)(H3,33,34,38)/t22-,23+,24+/m1/s1. The number of nitrogens with two attached hydrogens (primary N) is 3.